The van der Waals surface area contributed by atoms with E-state index >= 15 is 0 Å². The van der Waals surface area contributed by atoms with E-state index in [4.69, 9.17) is 0 Å². The maximum Gasteiger partial charge on any atom is 0.227 e. The molecule has 3 nitrogen and oxygen atoms in total. The smallest absolute Gasteiger partial charge is 0.227 e. The predicted molar refractivity (Wildman–Crippen MR) is 73.3 cm³/mol. The molecule has 0 unspecified atom stereocenters. The van der Waals surface area contributed by atoms with Gasteiger partial charge in [-0.15, -0.1) is 0 Å². The first-order valence-electron chi connectivity index (χ1n) is 7.06. The molecule has 2 rings (SSSR count). The van der Waals surface area contributed by atoms with E-state index in [0.29, 0.717) is 6.54 Å². The minimum Gasteiger partial charge on any atom is -0.340 e. The van der Waals surface area contributed by atoms with Gasteiger partial charge in [0.15, 0.2) is 0 Å². The number of hydrogen-bond donors (Lipinski definition) is 1. The largest absolute Gasteiger partial charge is 0.340 e. The van der Waals surface area contributed by atoms with Crippen molar-refractivity contribution < 1.29 is 13.6 Å². The quantitative estimate of drug-likeness (QED) is 0.917. The van der Waals surface area contributed by atoms with E-state index in [0.717, 1.165) is 32.0 Å². The first-order valence-corrected chi connectivity index (χ1v) is 7.06. The van der Waals surface area contributed by atoms with E-state index in [1.54, 1.807) is 0 Å². The highest BCUT2D eigenvalue weighted by Gasteiger charge is 2.24. The Morgan fingerprint density at radius 2 is 2.05 bits per heavy atom. The molecule has 1 aromatic carbocycles. The van der Waals surface area contributed by atoms with E-state index in [-0.39, 0.29) is 23.9 Å². The van der Waals surface area contributed by atoms with Crippen molar-refractivity contribution in [1.82, 2.24) is 10.2 Å². The van der Waals surface area contributed by atoms with Crippen LogP contribution in [0.3, 0.4) is 0 Å². The van der Waals surface area contributed by atoms with Crippen molar-refractivity contribution in [3.05, 3.63) is 35.4 Å². The Morgan fingerprint density at radius 1 is 1.35 bits per heavy atom. The highest BCUT2D eigenvalue weighted by atomic mass is 19.1. The standard InChI is InChI=1S/C15H20F2N2O/c1-2-19(13-5-7-18-8-6-13)15(20)9-11-3-4-12(16)10-14(11)17/h3-4,10,13,18H,2,5-9H2,1H3. The number of benzene rings is 1. The highest BCUT2D eigenvalue weighted by molar-refractivity contribution is 5.79. The zero-order valence-electron chi connectivity index (χ0n) is 11.7. The summed E-state index contributed by atoms with van der Waals surface area (Å²) in [5.74, 6) is -1.37. The second kappa shape index (κ2) is 6.79. The van der Waals surface area contributed by atoms with Crippen LogP contribution in [0.5, 0.6) is 0 Å². The summed E-state index contributed by atoms with van der Waals surface area (Å²) in [7, 11) is 0. The summed E-state index contributed by atoms with van der Waals surface area (Å²) in [5, 5.41) is 3.26. The fourth-order valence-corrected chi connectivity index (χ4v) is 2.69. The molecule has 5 heteroatoms. The van der Waals surface area contributed by atoms with Gasteiger partial charge in [0, 0.05) is 18.7 Å². The van der Waals surface area contributed by atoms with Gasteiger partial charge in [0.05, 0.1) is 6.42 Å². The SMILES string of the molecule is CCN(C(=O)Cc1ccc(F)cc1F)C1CCNCC1. The molecule has 0 radical (unpaired) electrons. The number of likely N-dealkylation sites (N-methyl/N-ethyl adjacent to an activating group) is 1. The highest BCUT2D eigenvalue weighted by Crippen LogP contribution is 2.16. The zero-order chi connectivity index (χ0) is 14.5. The third-order valence-electron chi connectivity index (χ3n) is 3.77. The van der Waals surface area contributed by atoms with Gasteiger partial charge in [-0.1, -0.05) is 6.07 Å². The van der Waals surface area contributed by atoms with Gasteiger partial charge in [-0.05, 0) is 44.5 Å². The molecular weight excluding hydrogens is 262 g/mol. The molecule has 1 aliphatic heterocycles. The normalized spacial score (nSPS) is 16.1. The summed E-state index contributed by atoms with van der Waals surface area (Å²) >= 11 is 0. The van der Waals surface area contributed by atoms with Crippen LogP contribution in [0.25, 0.3) is 0 Å². The van der Waals surface area contributed by atoms with E-state index in [1.807, 2.05) is 11.8 Å². The van der Waals surface area contributed by atoms with Crippen molar-refractivity contribution in [3.8, 4) is 0 Å². The lowest BCUT2D eigenvalue weighted by Gasteiger charge is -2.34. The summed E-state index contributed by atoms with van der Waals surface area (Å²) in [5.41, 5.74) is 0.254. The molecule has 0 aliphatic carbocycles. The van der Waals surface area contributed by atoms with Crippen LogP contribution < -0.4 is 5.32 Å². The van der Waals surface area contributed by atoms with E-state index in [9.17, 15) is 13.6 Å². The van der Waals surface area contributed by atoms with E-state index in [1.165, 1.54) is 12.1 Å². The van der Waals surface area contributed by atoms with Crippen molar-refractivity contribution in [3.63, 3.8) is 0 Å². The summed E-state index contributed by atoms with van der Waals surface area (Å²) in [6.45, 7) is 4.35. The predicted octanol–water partition coefficient (Wildman–Crippen LogP) is 2.11. The average molecular weight is 282 g/mol. The maximum absolute atomic E-state index is 13.6. The van der Waals surface area contributed by atoms with Crippen molar-refractivity contribution in [2.24, 2.45) is 0 Å². The lowest BCUT2D eigenvalue weighted by atomic mass is 10.0. The minimum atomic E-state index is -0.653. The van der Waals surface area contributed by atoms with Crippen LogP contribution in [0.4, 0.5) is 8.78 Å². The molecule has 1 N–H and O–H groups in total. The molecule has 1 saturated heterocycles. The van der Waals surface area contributed by atoms with Crippen molar-refractivity contribution in [1.29, 1.82) is 0 Å². The van der Waals surface area contributed by atoms with Gasteiger partial charge in [-0.3, -0.25) is 4.79 Å². The second-order valence-electron chi connectivity index (χ2n) is 5.07. The van der Waals surface area contributed by atoms with Crippen LogP contribution in [0.2, 0.25) is 0 Å². The first kappa shape index (κ1) is 14.9. The van der Waals surface area contributed by atoms with Gasteiger partial charge >= 0.3 is 0 Å². The van der Waals surface area contributed by atoms with Gasteiger partial charge in [-0.25, -0.2) is 8.78 Å². The molecule has 0 aromatic heterocycles. The molecular formula is C15H20F2N2O. The van der Waals surface area contributed by atoms with Gasteiger partial charge in [0.1, 0.15) is 11.6 Å². The Balaban J connectivity index is 2.04. The summed E-state index contributed by atoms with van der Waals surface area (Å²) in [6, 6.07) is 3.58. The van der Waals surface area contributed by atoms with Crippen LogP contribution in [-0.2, 0) is 11.2 Å². The number of carbonyl (C=O) groups excluding carboxylic acids is 1. The zero-order valence-corrected chi connectivity index (χ0v) is 11.7. The maximum atomic E-state index is 13.6. The van der Waals surface area contributed by atoms with Crippen LogP contribution in [0.15, 0.2) is 18.2 Å². The molecule has 0 bridgehead atoms. The van der Waals surface area contributed by atoms with Crippen LogP contribution in [0, 0.1) is 11.6 Å². The van der Waals surface area contributed by atoms with Crippen molar-refractivity contribution in [2.45, 2.75) is 32.2 Å². The van der Waals surface area contributed by atoms with Crippen LogP contribution >= 0.6 is 0 Å². The number of nitrogens with zero attached hydrogens (tertiary/aromatic N) is 1. The Labute approximate surface area is 118 Å². The number of nitrogens with one attached hydrogen (secondary N) is 1. The fourth-order valence-electron chi connectivity index (χ4n) is 2.69. The molecule has 0 spiro atoms. The topological polar surface area (TPSA) is 32.3 Å². The number of rotatable bonds is 4. The van der Waals surface area contributed by atoms with Gasteiger partial charge in [0.2, 0.25) is 5.91 Å². The lowest BCUT2D eigenvalue weighted by molar-refractivity contribution is -0.133. The van der Waals surface area contributed by atoms with Crippen molar-refractivity contribution >= 4 is 5.91 Å². The molecule has 20 heavy (non-hydrogen) atoms. The second-order valence-corrected chi connectivity index (χ2v) is 5.07. The summed E-state index contributed by atoms with van der Waals surface area (Å²) < 4.78 is 26.5. The van der Waals surface area contributed by atoms with Gasteiger partial charge in [0.25, 0.3) is 0 Å². The molecule has 1 amide bonds. The molecule has 1 fully saturated rings. The molecule has 1 heterocycles. The summed E-state index contributed by atoms with van der Waals surface area (Å²) in [6.07, 6.45) is 1.83. The Bertz CT molecular complexity index is 473. The number of piperidine rings is 1. The lowest BCUT2D eigenvalue weighted by Crippen LogP contribution is -2.46. The third kappa shape index (κ3) is 3.54. The molecule has 0 atom stereocenters. The van der Waals surface area contributed by atoms with Gasteiger partial charge in [-0.2, -0.15) is 0 Å². The Kier molecular flexibility index (Phi) is 5.06. The number of carbonyl (C=O) groups is 1. The first-order chi connectivity index (χ1) is 9.61. The summed E-state index contributed by atoms with van der Waals surface area (Å²) in [4.78, 5) is 14.1. The van der Waals surface area contributed by atoms with Gasteiger partial charge < -0.3 is 10.2 Å². The third-order valence-corrected chi connectivity index (χ3v) is 3.77. The fraction of sp³-hybridized carbons (Fsp3) is 0.533. The Morgan fingerprint density at radius 3 is 2.65 bits per heavy atom. The monoisotopic (exact) mass is 282 g/mol. The molecule has 1 aromatic rings. The van der Waals surface area contributed by atoms with Crippen molar-refractivity contribution in [2.75, 3.05) is 19.6 Å². The number of halogens is 2. The molecule has 0 saturated carbocycles. The molecule has 1 aliphatic rings. The Hall–Kier alpha value is -1.49. The number of hydrogen-bond acceptors (Lipinski definition) is 2. The minimum absolute atomic E-state index is 0.0100. The van der Waals surface area contributed by atoms with Crippen LogP contribution in [-0.4, -0.2) is 36.5 Å². The van der Waals surface area contributed by atoms with E-state index in [2.05, 4.69) is 5.32 Å². The van der Waals surface area contributed by atoms with Crippen LogP contribution in [0.1, 0.15) is 25.3 Å². The van der Waals surface area contributed by atoms with E-state index < -0.39 is 11.6 Å². The molecule has 110 valence electrons. The average Bonchev–Trinajstić information content (AvgIpc) is 2.44. The number of amides is 1.